The van der Waals surface area contributed by atoms with E-state index in [4.69, 9.17) is 15.0 Å². The summed E-state index contributed by atoms with van der Waals surface area (Å²) in [6.07, 6.45) is 3.68. The zero-order valence-corrected chi connectivity index (χ0v) is 33.8. The molecule has 1 aliphatic rings. The SMILES string of the molecule is CC1(C)c2ccccc2-c2ccc(-c3ccc(-c4nc(-c5ccc(-c6ccc7ccc8cccc9ccc6c7c89)cc5)nc(-c5ccccc5-c5cccnc5)n4)cc3)cc21. The molecule has 0 amide bonds. The molecule has 9 aromatic carbocycles. The van der Waals surface area contributed by atoms with Crippen LogP contribution in [0.25, 0.3) is 111 Å². The summed E-state index contributed by atoms with van der Waals surface area (Å²) in [7, 11) is 0. The van der Waals surface area contributed by atoms with Crippen molar-refractivity contribution in [3.63, 3.8) is 0 Å². The summed E-state index contributed by atoms with van der Waals surface area (Å²) in [6, 6.07) is 65.3. The van der Waals surface area contributed by atoms with Crippen molar-refractivity contribution in [2.24, 2.45) is 0 Å². The monoisotopic (exact) mass is 778 g/mol. The maximum Gasteiger partial charge on any atom is 0.164 e. The minimum Gasteiger partial charge on any atom is -0.264 e. The summed E-state index contributed by atoms with van der Waals surface area (Å²) in [5.74, 6) is 1.85. The van der Waals surface area contributed by atoms with Crippen LogP contribution in [0.1, 0.15) is 25.0 Å². The zero-order valence-electron chi connectivity index (χ0n) is 33.8. The van der Waals surface area contributed by atoms with Crippen molar-refractivity contribution in [2.45, 2.75) is 19.3 Å². The summed E-state index contributed by atoms with van der Waals surface area (Å²) < 4.78 is 0. The Morgan fingerprint density at radius 1 is 0.344 bits per heavy atom. The molecule has 0 unspecified atom stereocenters. The summed E-state index contributed by atoms with van der Waals surface area (Å²) >= 11 is 0. The van der Waals surface area contributed by atoms with Gasteiger partial charge in [0.25, 0.3) is 0 Å². The first-order valence-corrected chi connectivity index (χ1v) is 20.9. The van der Waals surface area contributed by atoms with Gasteiger partial charge < -0.3 is 0 Å². The molecular weight excluding hydrogens is 741 g/mol. The molecule has 11 aromatic rings. The molecular formula is C57H38N4. The maximum absolute atomic E-state index is 5.18. The Hall–Kier alpha value is -7.82. The molecule has 0 saturated heterocycles. The van der Waals surface area contributed by atoms with E-state index in [1.54, 1.807) is 6.20 Å². The van der Waals surface area contributed by atoms with E-state index in [-0.39, 0.29) is 5.41 Å². The van der Waals surface area contributed by atoms with Crippen LogP contribution < -0.4 is 0 Å². The predicted molar refractivity (Wildman–Crippen MR) is 252 cm³/mol. The lowest BCUT2D eigenvalue weighted by Gasteiger charge is -2.22. The summed E-state index contributed by atoms with van der Waals surface area (Å²) in [5.41, 5.74) is 14.8. The van der Waals surface area contributed by atoms with Gasteiger partial charge in [-0.25, -0.2) is 15.0 Å². The van der Waals surface area contributed by atoms with E-state index in [9.17, 15) is 0 Å². The van der Waals surface area contributed by atoms with Gasteiger partial charge in [0, 0.05) is 40.1 Å². The molecule has 1 aliphatic carbocycles. The van der Waals surface area contributed by atoms with Gasteiger partial charge in [-0.3, -0.25) is 4.98 Å². The van der Waals surface area contributed by atoms with Gasteiger partial charge >= 0.3 is 0 Å². The molecule has 0 spiro atoms. The fraction of sp³-hybridized carbons (Fsp3) is 0.0526. The van der Waals surface area contributed by atoms with E-state index < -0.39 is 0 Å². The van der Waals surface area contributed by atoms with E-state index in [1.807, 2.05) is 24.4 Å². The van der Waals surface area contributed by atoms with Gasteiger partial charge in [-0.15, -0.1) is 0 Å². The Morgan fingerprint density at radius 2 is 0.902 bits per heavy atom. The highest BCUT2D eigenvalue weighted by Gasteiger charge is 2.35. The van der Waals surface area contributed by atoms with Crippen molar-refractivity contribution in [1.82, 2.24) is 19.9 Å². The Morgan fingerprint density at radius 3 is 1.62 bits per heavy atom. The van der Waals surface area contributed by atoms with Gasteiger partial charge in [0.2, 0.25) is 0 Å². The quantitative estimate of drug-likeness (QED) is 0.158. The van der Waals surface area contributed by atoms with Gasteiger partial charge in [0.15, 0.2) is 17.5 Å². The largest absolute Gasteiger partial charge is 0.264 e. The Bertz CT molecular complexity index is 3460. The van der Waals surface area contributed by atoms with Crippen molar-refractivity contribution < 1.29 is 0 Å². The average Bonchev–Trinajstić information content (AvgIpc) is 3.56. The number of fused-ring (bicyclic) bond motifs is 3. The van der Waals surface area contributed by atoms with Crippen LogP contribution in [0.2, 0.25) is 0 Å². The van der Waals surface area contributed by atoms with Crippen molar-refractivity contribution in [3.8, 4) is 78.7 Å². The number of hydrogen-bond donors (Lipinski definition) is 0. The molecule has 2 aromatic heterocycles. The summed E-state index contributed by atoms with van der Waals surface area (Å²) in [4.78, 5) is 19.9. The van der Waals surface area contributed by atoms with E-state index in [0.717, 1.165) is 38.9 Å². The van der Waals surface area contributed by atoms with Crippen molar-refractivity contribution in [2.75, 3.05) is 0 Å². The number of rotatable bonds is 6. The molecule has 0 radical (unpaired) electrons. The van der Waals surface area contributed by atoms with Gasteiger partial charge in [0.05, 0.1) is 0 Å². The van der Waals surface area contributed by atoms with Gasteiger partial charge in [-0.2, -0.15) is 0 Å². The van der Waals surface area contributed by atoms with Crippen molar-refractivity contribution in [3.05, 3.63) is 206 Å². The molecule has 4 heteroatoms. The van der Waals surface area contributed by atoms with Crippen LogP contribution in [-0.4, -0.2) is 19.9 Å². The third-order valence-corrected chi connectivity index (χ3v) is 12.8. The molecule has 0 atom stereocenters. The number of aromatic nitrogens is 4. The highest BCUT2D eigenvalue weighted by molar-refractivity contribution is 6.25. The number of nitrogens with zero attached hydrogens (tertiary/aromatic N) is 4. The highest BCUT2D eigenvalue weighted by Crippen LogP contribution is 2.49. The van der Waals surface area contributed by atoms with Crippen molar-refractivity contribution in [1.29, 1.82) is 0 Å². The van der Waals surface area contributed by atoms with E-state index in [1.165, 1.54) is 65.7 Å². The van der Waals surface area contributed by atoms with Crippen LogP contribution in [0.5, 0.6) is 0 Å². The van der Waals surface area contributed by atoms with Crippen LogP contribution in [0.3, 0.4) is 0 Å². The molecule has 286 valence electrons. The molecule has 2 heterocycles. The first kappa shape index (κ1) is 35.2. The Balaban J connectivity index is 0.951. The minimum atomic E-state index is -0.0637. The molecule has 0 bridgehead atoms. The van der Waals surface area contributed by atoms with Crippen molar-refractivity contribution >= 4 is 32.3 Å². The van der Waals surface area contributed by atoms with Crippen LogP contribution in [-0.2, 0) is 5.41 Å². The Kier molecular flexibility index (Phi) is 7.85. The molecule has 12 rings (SSSR count). The molecule has 0 saturated carbocycles. The lowest BCUT2D eigenvalue weighted by Crippen LogP contribution is -2.14. The van der Waals surface area contributed by atoms with E-state index in [0.29, 0.717) is 17.5 Å². The van der Waals surface area contributed by atoms with Gasteiger partial charge in [0.1, 0.15) is 0 Å². The number of benzene rings is 9. The standard InChI is InChI=1S/C57H38N4/c1-57(2)50-15-6-5-13-46(50)47-30-28-42(33-51(47)57)35-16-22-40(23-17-35)54-59-55(61-56(60-54)49-14-4-3-12-44(49)43-11-8-32-58-34-43)41-24-18-36(19-25-41)45-29-26-39-21-20-37-9-7-10-38-27-31-48(45)53(39)52(37)38/h3-34H,1-2H3. The van der Waals surface area contributed by atoms with Crippen LogP contribution in [0.4, 0.5) is 0 Å². The predicted octanol–water partition coefficient (Wildman–Crippen LogP) is 14.5. The van der Waals surface area contributed by atoms with Gasteiger partial charge in [-0.1, -0.05) is 184 Å². The number of pyridine rings is 1. The second-order valence-corrected chi connectivity index (χ2v) is 16.6. The molecule has 4 nitrogen and oxygen atoms in total. The Labute approximate surface area is 354 Å². The third-order valence-electron chi connectivity index (χ3n) is 12.8. The normalized spacial score (nSPS) is 12.9. The van der Waals surface area contributed by atoms with Gasteiger partial charge in [-0.05, 0) is 94.5 Å². The first-order valence-electron chi connectivity index (χ1n) is 20.9. The zero-order chi connectivity index (χ0) is 40.7. The van der Waals surface area contributed by atoms with E-state index in [2.05, 4.69) is 183 Å². The molecule has 0 N–H and O–H groups in total. The fourth-order valence-corrected chi connectivity index (χ4v) is 9.69. The smallest absolute Gasteiger partial charge is 0.164 e. The van der Waals surface area contributed by atoms with Crippen LogP contribution >= 0.6 is 0 Å². The lowest BCUT2D eigenvalue weighted by atomic mass is 9.81. The third kappa shape index (κ3) is 5.67. The molecule has 61 heavy (non-hydrogen) atoms. The second-order valence-electron chi connectivity index (χ2n) is 16.6. The maximum atomic E-state index is 5.18. The fourth-order valence-electron chi connectivity index (χ4n) is 9.69. The average molecular weight is 779 g/mol. The molecule has 0 aliphatic heterocycles. The summed E-state index contributed by atoms with van der Waals surface area (Å²) in [5, 5.41) is 7.68. The molecule has 0 fully saturated rings. The topological polar surface area (TPSA) is 51.6 Å². The minimum absolute atomic E-state index is 0.0637. The van der Waals surface area contributed by atoms with E-state index >= 15 is 0 Å². The second kappa shape index (κ2) is 13.6. The number of hydrogen-bond acceptors (Lipinski definition) is 4. The van der Waals surface area contributed by atoms with Crippen LogP contribution in [0.15, 0.2) is 194 Å². The first-order chi connectivity index (χ1) is 30.0. The summed E-state index contributed by atoms with van der Waals surface area (Å²) in [6.45, 7) is 4.65. The lowest BCUT2D eigenvalue weighted by molar-refractivity contribution is 0.660. The van der Waals surface area contributed by atoms with Crippen LogP contribution in [0, 0.1) is 0 Å². The highest BCUT2D eigenvalue weighted by atomic mass is 15.0.